The molecule has 0 saturated heterocycles. The Morgan fingerprint density at radius 2 is 2.09 bits per heavy atom. The SMILES string of the molecule is CCOc1c(I)cc(CNc2cccc(C(=O)O)c2)cc1OC. The Hall–Kier alpha value is -1.96. The summed E-state index contributed by atoms with van der Waals surface area (Å²) in [6.45, 7) is 3.06. The summed E-state index contributed by atoms with van der Waals surface area (Å²) in [4.78, 5) is 11.0. The number of carboxylic acids is 1. The van der Waals surface area contributed by atoms with Crippen LogP contribution in [-0.2, 0) is 6.54 Å². The van der Waals surface area contributed by atoms with Gasteiger partial charge in [-0.1, -0.05) is 6.07 Å². The highest BCUT2D eigenvalue weighted by Crippen LogP contribution is 2.34. The van der Waals surface area contributed by atoms with E-state index in [9.17, 15) is 4.79 Å². The van der Waals surface area contributed by atoms with Gasteiger partial charge in [-0.2, -0.15) is 0 Å². The van der Waals surface area contributed by atoms with Crippen LogP contribution in [0, 0.1) is 3.57 Å². The molecule has 2 aromatic rings. The van der Waals surface area contributed by atoms with Gasteiger partial charge in [-0.15, -0.1) is 0 Å². The lowest BCUT2D eigenvalue weighted by atomic mass is 10.1. The number of carbonyl (C=O) groups is 1. The number of nitrogens with one attached hydrogen (secondary N) is 1. The van der Waals surface area contributed by atoms with Crippen LogP contribution in [0.15, 0.2) is 36.4 Å². The van der Waals surface area contributed by atoms with Gasteiger partial charge in [0.05, 0.1) is 22.9 Å². The zero-order valence-electron chi connectivity index (χ0n) is 12.9. The lowest BCUT2D eigenvalue weighted by Gasteiger charge is -2.14. The fraction of sp³-hybridized carbons (Fsp3) is 0.235. The van der Waals surface area contributed by atoms with Crippen molar-refractivity contribution in [2.24, 2.45) is 0 Å². The van der Waals surface area contributed by atoms with Gasteiger partial charge in [0.1, 0.15) is 0 Å². The Kier molecular flexibility index (Phi) is 6.09. The first-order chi connectivity index (χ1) is 11.0. The summed E-state index contributed by atoms with van der Waals surface area (Å²) in [7, 11) is 1.61. The van der Waals surface area contributed by atoms with Crippen molar-refractivity contribution in [3.05, 3.63) is 51.1 Å². The molecule has 5 nitrogen and oxygen atoms in total. The fourth-order valence-corrected chi connectivity index (χ4v) is 2.95. The van der Waals surface area contributed by atoms with E-state index in [1.807, 2.05) is 25.1 Å². The summed E-state index contributed by atoms with van der Waals surface area (Å²) >= 11 is 2.22. The lowest BCUT2D eigenvalue weighted by Crippen LogP contribution is -2.04. The molecule has 0 spiro atoms. The van der Waals surface area contributed by atoms with Crippen LogP contribution >= 0.6 is 22.6 Å². The maximum atomic E-state index is 11.0. The van der Waals surface area contributed by atoms with Gasteiger partial charge in [-0.25, -0.2) is 4.79 Å². The molecule has 0 bridgehead atoms. The number of methoxy groups -OCH3 is 1. The van der Waals surface area contributed by atoms with Crippen LogP contribution in [0.1, 0.15) is 22.8 Å². The number of anilines is 1. The lowest BCUT2D eigenvalue weighted by molar-refractivity contribution is 0.0697. The first-order valence-corrected chi connectivity index (χ1v) is 8.19. The molecule has 0 fully saturated rings. The number of aromatic carboxylic acids is 1. The maximum Gasteiger partial charge on any atom is 0.335 e. The highest BCUT2D eigenvalue weighted by atomic mass is 127. The number of ether oxygens (including phenoxy) is 2. The van der Waals surface area contributed by atoms with Crippen LogP contribution in [0.25, 0.3) is 0 Å². The third-order valence-corrected chi connectivity index (χ3v) is 3.99. The van der Waals surface area contributed by atoms with Crippen molar-refractivity contribution in [2.45, 2.75) is 13.5 Å². The van der Waals surface area contributed by atoms with Gasteiger partial charge in [0.15, 0.2) is 11.5 Å². The molecule has 0 saturated carbocycles. The fourth-order valence-electron chi connectivity index (χ4n) is 2.13. The van der Waals surface area contributed by atoms with Crippen molar-refractivity contribution >= 4 is 34.2 Å². The summed E-state index contributed by atoms with van der Waals surface area (Å²) in [6.07, 6.45) is 0. The molecule has 0 aliphatic rings. The molecule has 2 rings (SSSR count). The summed E-state index contributed by atoms with van der Waals surface area (Å²) < 4.78 is 12.0. The quantitative estimate of drug-likeness (QED) is 0.654. The molecule has 0 heterocycles. The van der Waals surface area contributed by atoms with Crippen molar-refractivity contribution in [3.8, 4) is 11.5 Å². The molecule has 0 aliphatic carbocycles. The highest BCUT2D eigenvalue weighted by molar-refractivity contribution is 14.1. The van der Waals surface area contributed by atoms with Crippen LogP contribution < -0.4 is 14.8 Å². The second-order valence-electron chi connectivity index (χ2n) is 4.78. The van der Waals surface area contributed by atoms with E-state index in [-0.39, 0.29) is 5.56 Å². The second-order valence-corrected chi connectivity index (χ2v) is 5.94. The van der Waals surface area contributed by atoms with Crippen molar-refractivity contribution in [1.29, 1.82) is 0 Å². The number of rotatable bonds is 7. The molecule has 2 N–H and O–H groups in total. The number of halogens is 1. The summed E-state index contributed by atoms with van der Waals surface area (Å²) in [5, 5.41) is 12.2. The third-order valence-electron chi connectivity index (χ3n) is 3.18. The van der Waals surface area contributed by atoms with Crippen molar-refractivity contribution in [1.82, 2.24) is 0 Å². The average molecular weight is 427 g/mol. The minimum absolute atomic E-state index is 0.258. The van der Waals surface area contributed by atoms with E-state index in [4.69, 9.17) is 14.6 Å². The van der Waals surface area contributed by atoms with Gasteiger partial charge in [0.2, 0.25) is 0 Å². The van der Waals surface area contributed by atoms with E-state index >= 15 is 0 Å². The van der Waals surface area contributed by atoms with Crippen molar-refractivity contribution < 1.29 is 19.4 Å². The summed E-state index contributed by atoms with van der Waals surface area (Å²) in [5.74, 6) is 0.494. The first kappa shape index (κ1) is 17.4. The number of carboxylic acid groups (broad SMARTS) is 1. The largest absolute Gasteiger partial charge is 0.493 e. The third kappa shape index (κ3) is 4.51. The van der Waals surface area contributed by atoms with Crippen molar-refractivity contribution in [2.75, 3.05) is 19.0 Å². The van der Waals surface area contributed by atoms with Gasteiger partial charge in [-0.05, 0) is 65.4 Å². The molecule has 6 heteroatoms. The monoisotopic (exact) mass is 427 g/mol. The molecule has 23 heavy (non-hydrogen) atoms. The van der Waals surface area contributed by atoms with E-state index in [2.05, 4.69) is 27.9 Å². The minimum Gasteiger partial charge on any atom is -0.493 e. The predicted molar refractivity (Wildman–Crippen MR) is 97.6 cm³/mol. The van der Waals surface area contributed by atoms with Crippen LogP contribution in [-0.4, -0.2) is 24.8 Å². The van der Waals surface area contributed by atoms with E-state index in [1.165, 1.54) is 0 Å². The minimum atomic E-state index is -0.939. The molecule has 122 valence electrons. The van der Waals surface area contributed by atoms with Crippen LogP contribution in [0.2, 0.25) is 0 Å². The van der Waals surface area contributed by atoms with Gasteiger partial charge in [0.25, 0.3) is 0 Å². The summed E-state index contributed by atoms with van der Waals surface area (Å²) in [6, 6.07) is 10.7. The predicted octanol–water partition coefficient (Wildman–Crippen LogP) is 4.01. The van der Waals surface area contributed by atoms with Crippen LogP contribution in [0.3, 0.4) is 0 Å². The number of hydrogen-bond acceptors (Lipinski definition) is 4. The number of hydrogen-bond donors (Lipinski definition) is 2. The first-order valence-electron chi connectivity index (χ1n) is 7.11. The zero-order chi connectivity index (χ0) is 16.8. The molecule has 0 aromatic heterocycles. The van der Waals surface area contributed by atoms with E-state index in [0.29, 0.717) is 18.9 Å². The Labute approximate surface area is 148 Å². The molecule has 0 amide bonds. The Morgan fingerprint density at radius 3 is 2.74 bits per heavy atom. The molecular weight excluding hydrogens is 409 g/mol. The summed E-state index contributed by atoms with van der Waals surface area (Å²) in [5.41, 5.74) is 2.04. The molecule has 0 atom stereocenters. The van der Waals surface area contributed by atoms with Gasteiger partial charge in [0, 0.05) is 12.2 Å². The zero-order valence-corrected chi connectivity index (χ0v) is 15.1. The topological polar surface area (TPSA) is 67.8 Å². The van der Waals surface area contributed by atoms with E-state index < -0.39 is 5.97 Å². The van der Waals surface area contributed by atoms with Gasteiger partial charge in [-0.3, -0.25) is 0 Å². The average Bonchev–Trinajstić information content (AvgIpc) is 2.55. The Morgan fingerprint density at radius 1 is 1.30 bits per heavy atom. The van der Waals surface area contributed by atoms with Gasteiger partial charge >= 0.3 is 5.97 Å². The molecule has 0 radical (unpaired) electrons. The van der Waals surface area contributed by atoms with E-state index in [0.717, 1.165) is 20.6 Å². The Bertz CT molecular complexity index is 703. The molecule has 2 aromatic carbocycles. The van der Waals surface area contributed by atoms with Gasteiger partial charge < -0.3 is 19.9 Å². The highest BCUT2D eigenvalue weighted by Gasteiger charge is 2.11. The smallest absolute Gasteiger partial charge is 0.335 e. The normalized spacial score (nSPS) is 10.2. The number of benzene rings is 2. The van der Waals surface area contributed by atoms with E-state index in [1.54, 1.807) is 25.3 Å². The molecule has 0 aliphatic heterocycles. The Balaban J connectivity index is 2.16. The van der Waals surface area contributed by atoms with Crippen LogP contribution in [0.4, 0.5) is 5.69 Å². The maximum absolute atomic E-state index is 11.0. The standard InChI is InChI=1S/C17H18INO4/c1-3-23-16-14(18)7-11(8-15(16)22-2)10-19-13-6-4-5-12(9-13)17(20)21/h4-9,19H,3,10H2,1-2H3,(H,20,21). The molecular formula is C17H18INO4. The second kappa shape index (κ2) is 8.05. The van der Waals surface area contributed by atoms with Crippen molar-refractivity contribution in [3.63, 3.8) is 0 Å². The molecule has 0 unspecified atom stereocenters. The van der Waals surface area contributed by atoms with Crippen LogP contribution in [0.5, 0.6) is 11.5 Å².